The van der Waals surface area contributed by atoms with E-state index < -0.39 is 0 Å². The number of aromatic nitrogens is 3. The minimum absolute atomic E-state index is 0.225. The Hall–Kier alpha value is -1.86. The van der Waals surface area contributed by atoms with Crippen LogP contribution in [-0.2, 0) is 4.74 Å². The molecule has 29 heavy (non-hydrogen) atoms. The van der Waals surface area contributed by atoms with Crippen molar-refractivity contribution in [2.24, 2.45) is 0 Å². The minimum atomic E-state index is 0.225. The fraction of sp³-hybridized carbons (Fsp3) is 0.667. The SMILES string of the molecule is CC(C)c1noc(N2CCC(O[C@H]3CC[C@H](Oc4ccnc(Cl)c4)CC3)CC2)n1. The fourth-order valence-electron chi connectivity index (χ4n) is 3.98. The molecule has 0 N–H and O–H groups in total. The second-order valence-corrected chi connectivity index (χ2v) is 8.63. The Morgan fingerprint density at radius 3 is 2.41 bits per heavy atom. The van der Waals surface area contributed by atoms with Gasteiger partial charge in [0, 0.05) is 31.3 Å². The summed E-state index contributed by atoms with van der Waals surface area (Å²) in [6.45, 7) is 5.93. The Labute approximate surface area is 176 Å². The third-order valence-electron chi connectivity index (χ3n) is 5.67. The molecule has 2 aromatic rings. The molecule has 7 nitrogen and oxygen atoms in total. The summed E-state index contributed by atoms with van der Waals surface area (Å²) in [5.74, 6) is 1.85. The molecule has 1 aliphatic carbocycles. The van der Waals surface area contributed by atoms with Crippen LogP contribution in [-0.4, -0.2) is 46.5 Å². The monoisotopic (exact) mass is 420 g/mol. The van der Waals surface area contributed by atoms with Crippen molar-refractivity contribution in [1.82, 2.24) is 15.1 Å². The highest BCUT2D eigenvalue weighted by Crippen LogP contribution is 2.29. The number of ether oxygens (including phenoxy) is 2. The van der Waals surface area contributed by atoms with Crippen LogP contribution in [0.1, 0.15) is 64.1 Å². The number of nitrogens with zero attached hydrogens (tertiary/aromatic N) is 4. The molecule has 0 radical (unpaired) electrons. The molecule has 4 rings (SSSR count). The average molecular weight is 421 g/mol. The summed E-state index contributed by atoms with van der Waals surface area (Å²) in [7, 11) is 0. The molecule has 8 heteroatoms. The van der Waals surface area contributed by atoms with E-state index in [0.29, 0.717) is 23.4 Å². The number of hydrogen-bond acceptors (Lipinski definition) is 7. The molecule has 0 bridgehead atoms. The summed E-state index contributed by atoms with van der Waals surface area (Å²) < 4.78 is 17.9. The maximum absolute atomic E-state index is 6.40. The summed E-state index contributed by atoms with van der Waals surface area (Å²) >= 11 is 5.93. The first-order chi connectivity index (χ1) is 14.1. The lowest BCUT2D eigenvalue weighted by molar-refractivity contribution is -0.0530. The zero-order valence-electron chi connectivity index (χ0n) is 17.1. The van der Waals surface area contributed by atoms with E-state index >= 15 is 0 Å². The molecule has 0 unspecified atom stereocenters. The smallest absolute Gasteiger partial charge is 0.324 e. The fourth-order valence-corrected chi connectivity index (χ4v) is 4.15. The molecular weight excluding hydrogens is 392 g/mol. The first-order valence-corrected chi connectivity index (χ1v) is 11.0. The van der Waals surface area contributed by atoms with Crippen molar-refractivity contribution < 1.29 is 14.0 Å². The van der Waals surface area contributed by atoms with Crippen molar-refractivity contribution >= 4 is 17.6 Å². The van der Waals surface area contributed by atoms with Gasteiger partial charge in [0.25, 0.3) is 0 Å². The van der Waals surface area contributed by atoms with Gasteiger partial charge >= 0.3 is 6.01 Å². The van der Waals surface area contributed by atoms with Crippen LogP contribution in [0.5, 0.6) is 5.75 Å². The van der Waals surface area contributed by atoms with Gasteiger partial charge in [-0.2, -0.15) is 4.98 Å². The molecule has 2 aliphatic rings. The van der Waals surface area contributed by atoms with Crippen molar-refractivity contribution in [1.29, 1.82) is 0 Å². The molecule has 3 heterocycles. The molecule has 2 fully saturated rings. The third kappa shape index (κ3) is 5.39. The van der Waals surface area contributed by atoms with Crippen LogP contribution in [0.15, 0.2) is 22.9 Å². The van der Waals surface area contributed by atoms with E-state index in [1.165, 1.54) is 0 Å². The largest absolute Gasteiger partial charge is 0.490 e. The normalized spacial score (nSPS) is 23.5. The van der Waals surface area contributed by atoms with Gasteiger partial charge < -0.3 is 18.9 Å². The van der Waals surface area contributed by atoms with Crippen LogP contribution in [0.3, 0.4) is 0 Å². The Balaban J connectivity index is 1.18. The van der Waals surface area contributed by atoms with E-state index in [-0.39, 0.29) is 12.0 Å². The van der Waals surface area contributed by atoms with E-state index in [1.54, 1.807) is 12.3 Å². The summed E-state index contributed by atoms with van der Waals surface area (Å²) in [6.07, 6.45) is 8.59. The zero-order valence-corrected chi connectivity index (χ0v) is 17.8. The van der Waals surface area contributed by atoms with E-state index in [1.807, 2.05) is 6.07 Å². The molecule has 1 aliphatic heterocycles. The van der Waals surface area contributed by atoms with Gasteiger partial charge in [0.2, 0.25) is 0 Å². The number of hydrogen-bond donors (Lipinski definition) is 0. The topological polar surface area (TPSA) is 73.5 Å². The summed E-state index contributed by atoms with van der Waals surface area (Å²) in [4.78, 5) is 10.7. The Morgan fingerprint density at radius 2 is 1.76 bits per heavy atom. The molecule has 2 aromatic heterocycles. The number of piperidine rings is 1. The summed E-state index contributed by atoms with van der Waals surface area (Å²) in [6, 6.07) is 4.27. The van der Waals surface area contributed by atoms with Crippen LogP contribution >= 0.6 is 11.6 Å². The van der Waals surface area contributed by atoms with Crippen LogP contribution in [0.25, 0.3) is 0 Å². The number of anilines is 1. The predicted octanol–water partition coefficient (Wildman–Crippen LogP) is 4.62. The maximum Gasteiger partial charge on any atom is 0.324 e. The van der Waals surface area contributed by atoms with Crippen LogP contribution < -0.4 is 9.64 Å². The highest BCUT2D eigenvalue weighted by atomic mass is 35.5. The molecule has 0 aromatic carbocycles. The van der Waals surface area contributed by atoms with Crippen LogP contribution in [0.2, 0.25) is 5.15 Å². The molecule has 0 spiro atoms. The second-order valence-electron chi connectivity index (χ2n) is 8.24. The van der Waals surface area contributed by atoms with Gasteiger partial charge in [-0.15, -0.1) is 0 Å². The highest BCUT2D eigenvalue weighted by Gasteiger charge is 2.29. The van der Waals surface area contributed by atoms with Gasteiger partial charge in [0.1, 0.15) is 10.9 Å². The highest BCUT2D eigenvalue weighted by molar-refractivity contribution is 6.29. The molecule has 158 valence electrons. The molecule has 1 saturated carbocycles. The van der Waals surface area contributed by atoms with E-state index in [2.05, 4.69) is 33.9 Å². The molecular formula is C21H29ClN4O3. The summed E-state index contributed by atoms with van der Waals surface area (Å²) in [5, 5.41) is 4.53. The lowest BCUT2D eigenvalue weighted by Gasteiger charge is -2.35. The van der Waals surface area contributed by atoms with Gasteiger partial charge in [-0.3, -0.25) is 0 Å². The van der Waals surface area contributed by atoms with Crippen molar-refractivity contribution in [3.05, 3.63) is 29.3 Å². The summed E-state index contributed by atoms with van der Waals surface area (Å²) in [5.41, 5.74) is 0. The van der Waals surface area contributed by atoms with Crippen LogP contribution in [0, 0.1) is 0 Å². The lowest BCUT2D eigenvalue weighted by Crippen LogP contribution is -2.39. The lowest BCUT2D eigenvalue weighted by atomic mass is 9.94. The van der Waals surface area contributed by atoms with Gasteiger partial charge in [0.15, 0.2) is 5.82 Å². The van der Waals surface area contributed by atoms with Gasteiger partial charge in [-0.1, -0.05) is 30.6 Å². The average Bonchev–Trinajstić information content (AvgIpc) is 3.21. The van der Waals surface area contributed by atoms with E-state index in [9.17, 15) is 0 Å². The third-order valence-corrected chi connectivity index (χ3v) is 5.87. The first-order valence-electron chi connectivity index (χ1n) is 10.6. The van der Waals surface area contributed by atoms with E-state index in [0.717, 1.165) is 63.2 Å². The van der Waals surface area contributed by atoms with Gasteiger partial charge in [0.05, 0.1) is 18.3 Å². The van der Waals surface area contributed by atoms with Crippen molar-refractivity contribution in [2.75, 3.05) is 18.0 Å². The van der Waals surface area contributed by atoms with Gasteiger partial charge in [-0.25, -0.2) is 4.98 Å². The number of pyridine rings is 1. The number of rotatable bonds is 6. The minimum Gasteiger partial charge on any atom is -0.490 e. The van der Waals surface area contributed by atoms with Gasteiger partial charge in [-0.05, 0) is 44.6 Å². The van der Waals surface area contributed by atoms with Crippen molar-refractivity contribution in [3.8, 4) is 5.75 Å². The Bertz CT molecular complexity index is 784. The Kier molecular flexibility index (Phi) is 6.55. The van der Waals surface area contributed by atoms with Crippen molar-refractivity contribution in [2.45, 2.75) is 76.6 Å². The molecule has 0 amide bonds. The van der Waals surface area contributed by atoms with Crippen LogP contribution in [0.4, 0.5) is 6.01 Å². The predicted molar refractivity (Wildman–Crippen MR) is 111 cm³/mol. The standard InChI is InChI=1S/C21H29ClN4O3/c1-14(2)20-24-21(29-25-20)26-11-8-17(9-12-26)27-15-3-5-16(6-4-15)28-18-7-10-23-19(22)13-18/h7,10,13-17H,3-6,8-9,11-12H2,1-2H3/t15-,16-. The number of halogens is 1. The molecule has 0 atom stereocenters. The van der Waals surface area contributed by atoms with Crippen molar-refractivity contribution in [3.63, 3.8) is 0 Å². The quantitative estimate of drug-likeness (QED) is 0.631. The van der Waals surface area contributed by atoms with E-state index in [4.69, 9.17) is 25.6 Å². The Morgan fingerprint density at radius 1 is 1.07 bits per heavy atom. The first kappa shape index (κ1) is 20.4. The zero-order chi connectivity index (χ0) is 20.2. The molecule has 1 saturated heterocycles. The second kappa shape index (κ2) is 9.30. The maximum atomic E-state index is 6.40.